The molecule has 1 atom stereocenters. The monoisotopic (exact) mass is 338 g/mol. The number of amides is 3. The number of carbonyl (C=O) groups is 3. The van der Waals surface area contributed by atoms with Crippen LogP contribution in [0.1, 0.15) is 17.3 Å². The second-order valence-electron chi connectivity index (χ2n) is 4.97. The molecule has 10 heteroatoms. The highest BCUT2D eigenvalue weighted by Gasteiger charge is 2.23. The SMILES string of the molecule is CNC(=O)NC(=O)[C@@H](C)OC(=O)c1ccc(N(C)C)c([N+](=O)[O-])c1. The summed E-state index contributed by atoms with van der Waals surface area (Å²) in [6.07, 6.45) is -1.25. The van der Waals surface area contributed by atoms with Gasteiger partial charge in [0.15, 0.2) is 6.10 Å². The highest BCUT2D eigenvalue weighted by molar-refractivity contribution is 5.98. The first-order valence-corrected chi connectivity index (χ1v) is 6.86. The van der Waals surface area contributed by atoms with Crippen LogP contribution in [0.2, 0.25) is 0 Å². The normalized spacial score (nSPS) is 11.2. The van der Waals surface area contributed by atoms with Crippen molar-refractivity contribution in [1.29, 1.82) is 0 Å². The Bertz CT molecular complexity index is 673. The van der Waals surface area contributed by atoms with E-state index in [1.807, 2.05) is 5.32 Å². The van der Waals surface area contributed by atoms with E-state index in [0.29, 0.717) is 5.69 Å². The lowest BCUT2D eigenvalue weighted by Crippen LogP contribution is -2.43. The molecule has 0 aliphatic rings. The second kappa shape index (κ2) is 7.90. The van der Waals surface area contributed by atoms with Gasteiger partial charge in [-0.2, -0.15) is 0 Å². The van der Waals surface area contributed by atoms with Crippen molar-refractivity contribution in [2.45, 2.75) is 13.0 Å². The molecule has 1 aromatic rings. The molecule has 0 heterocycles. The highest BCUT2D eigenvalue weighted by atomic mass is 16.6. The van der Waals surface area contributed by atoms with E-state index in [9.17, 15) is 24.5 Å². The molecular weight excluding hydrogens is 320 g/mol. The lowest BCUT2D eigenvalue weighted by atomic mass is 10.1. The number of urea groups is 1. The number of imide groups is 1. The summed E-state index contributed by atoms with van der Waals surface area (Å²) >= 11 is 0. The summed E-state index contributed by atoms with van der Waals surface area (Å²) in [6.45, 7) is 1.28. The smallest absolute Gasteiger partial charge is 0.339 e. The number of nitrogens with zero attached hydrogens (tertiary/aromatic N) is 2. The number of nitro benzene ring substituents is 1. The quantitative estimate of drug-likeness (QED) is 0.458. The van der Waals surface area contributed by atoms with Gasteiger partial charge in [0.2, 0.25) is 0 Å². The summed E-state index contributed by atoms with van der Waals surface area (Å²) in [5.41, 5.74) is -0.0224. The number of nitro groups is 1. The molecular formula is C14H18N4O6. The van der Waals surface area contributed by atoms with Crippen LogP contribution in [0.4, 0.5) is 16.2 Å². The Kier molecular flexibility index (Phi) is 6.22. The van der Waals surface area contributed by atoms with E-state index in [0.717, 1.165) is 6.07 Å². The number of ether oxygens (including phenoxy) is 1. The number of hydrogen-bond donors (Lipinski definition) is 2. The van der Waals surface area contributed by atoms with Gasteiger partial charge in [-0.1, -0.05) is 0 Å². The van der Waals surface area contributed by atoms with Gasteiger partial charge >= 0.3 is 12.0 Å². The van der Waals surface area contributed by atoms with E-state index in [1.165, 1.54) is 31.0 Å². The van der Waals surface area contributed by atoms with Crippen LogP contribution in [0.5, 0.6) is 0 Å². The maximum Gasteiger partial charge on any atom is 0.339 e. The van der Waals surface area contributed by atoms with Crippen LogP contribution in [-0.4, -0.2) is 50.1 Å². The van der Waals surface area contributed by atoms with Crippen LogP contribution in [0, 0.1) is 10.1 Å². The third-order valence-corrected chi connectivity index (χ3v) is 3.01. The van der Waals surface area contributed by atoms with Gasteiger partial charge < -0.3 is 15.0 Å². The fraction of sp³-hybridized carbons (Fsp3) is 0.357. The molecule has 0 aliphatic carbocycles. The zero-order valence-corrected chi connectivity index (χ0v) is 13.7. The van der Waals surface area contributed by atoms with Crippen molar-refractivity contribution in [3.05, 3.63) is 33.9 Å². The van der Waals surface area contributed by atoms with Gasteiger partial charge in [0.1, 0.15) is 5.69 Å². The summed E-state index contributed by atoms with van der Waals surface area (Å²) in [7, 11) is 4.59. The number of hydrogen-bond acceptors (Lipinski definition) is 7. The predicted molar refractivity (Wildman–Crippen MR) is 84.9 cm³/mol. The maximum atomic E-state index is 12.0. The van der Waals surface area contributed by atoms with Crippen molar-refractivity contribution in [3.8, 4) is 0 Å². The fourth-order valence-corrected chi connectivity index (χ4v) is 1.73. The third kappa shape index (κ3) is 4.66. The number of benzene rings is 1. The van der Waals surface area contributed by atoms with Gasteiger partial charge in [-0.25, -0.2) is 9.59 Å². The predicted octanol–water partition coefficient (Wildman–Crippen LogP) is 0.662. The largest absolute Gasteiger partial charge is 0.449 e. The fourth-order valence-electron chi connectivity index (χ4n) is 1.73. The van der Waals surface area contributed by atoms with Crippen LogP contribution in [-0.2, 0) is 9.53 Å². The Hall–Kier alpha value is -3.17. The zero-order chi connectivity index (χ0) is 18.4. The minimum atomic E-state index is -1.25. The number of carbonyl (C=O) groups excluding carboxylic acids is 3. The third-order valence-electron chi connectivity index (χ3n) is 3.01. The maximum absolute atomic E-state index is 12.0. The van der Waals surface area contributed by atoms with Crippen molar-refractivity contribution >= 4 is 29.3 Å². The van der Waals surface area contributed by atoms with Crippen molar-refractivity contribution in [2.24, 2.45) is 0 Å². The molecule has 2 N–H and O–H groups in total. The molecule has 0 radical (unpaired) electrons. The van der Waals surface area contributed by atoms with Crippen molar-refractivity contribution < 1.29 is 24.0 Å². The van der Waals surface area contributed by atoms with Crippen LogP contribution in [0.25, 0.3) is 0 Å². The standard InChI is InChI=1S/C14H18N4O6/c1-8(12(19)16-14(21)15-2)24-13(20)9-5-6-10(17(3)4)11(7-9)18(22)23/h5-8H,1-4H3,(H2,15,16,19,21)/t8-/m1/s1. The lowest BCUT2D eigenvalue weighted by Gasteiger charge is -2.15. The van der Waals surface area contributed by atoms with E-state index < -0.39 is 28.9 Å². The molecule has 0 saturated heterocycles. The van der Waals surface area contributed by atoms with Crippen molar-refractivity contribution in [3.63, 3.8) is 0 Å². The summed E-state index contributed by atoms with van der Waals surface area (Å²) in [5, 5.41) is 15.2. The van der Waals surface area contributed by atoms with E-state index in [2.05, 4.69) is 5.32 Å². The van der Waals surface area contributed by atoms with Crippen molar-refractivity contribution in [1.82, 2.24) is 10.6 Å². The average molecular weight is 338 g/mol. The summed E-state index contributed by atoms with van der Waals surface area (Å²) < 4.78 is 4.91. The molecule has 0 unspecified atom stereocenters. The Morgan fingerprint density at radius 1 is 1.29 bits per heavy atom. The number of rotatable bonds is 5. The molecule has 0 spiro atoms. The Labute approximate surface area is 137 Å². The molecule has 1 aromatic carbocycles. The topological polar surface area (TPSA) is 131 Å². The second-order valence-corrected chi connectivity index (χ2v) is 4.97. The van der Waals surface area contributed by atoms with Gasteiger partial charge in [0.25, 0.3) is 11.6 Å². The van der Waals surface area contributed by atoms with E-state index in [-0.39, 0.29) is 11.3 Å². The van der Waals surface area contributed by atoms with Gasteiger partial charge in [-0.05, 0) is 19.1 Å². The van der Waals surface area contributed by atoms with Gasteiger partial charge in [-0.15, -0.1) is 0 Å². The van der Waals surface area contributed by atoms with Crippen molar-refractivity contribution in [2.75, 3.05) is 26.0 Å². The molecule has 1 rings (SSSR count). The van der Waals surface area contributed by atoms with E-state index >= 15 is 0 Å². The van der Waals surface area contributed by atoms with Crippen LogP contribution < -0.4 is 15.5 Å². The first kappa shape index (κ1) is 18.9. The first-order chi connectivity index (χ1) is 11.2. The number of anilines is 1. The Morgan fingerprint density at radius 2 is 1.92 bits per heavy atom. The minimum absolute atomic E-state index is 0.0770. The van der Waals surface area contributed by atoms with Crippen LogP contribution >= 0.6 is 0 Å². The van der Waals surface area contributed by atoms with E-state index in [4.69, 9.17) is 4.74 Å². The summed E-state index contributed by atoms with van der Waals surface area (Å²) in [4.78, 5) is 46.7. The lowest BCUT2D eigenvalue weighted by molar-refractivity contribution is -0.384. The molecule has 0 aliphatic heterocycles. The molecule has 3 amide bonds. The molecule has 10 nitrogen and oxygen atoms in total. The summed E-state index contributed by atoms with van der Waals surface area (Å²) in [5.74, 6) is -1.73. The Balaban J connectivity index is 2.92. The molecule has 24 heavy (non-hydrogen) atoms. The van der Waals surface area contributed by atoms with Gasteiger partial charge in [0, 0.05) is 27.2 Å². The summed E-state index contributed by atoms with van der Waals surface area (Å²) in [6, 6.07) is 3.09. The molecule has 0 fully saturated rings. The highest BCUT2D eigenvalue weighted by Crippen LogP contribution is 2.28. The van der Waals surface area contributed by atoms with Gasteiger partial charge in [-0.3, -0.25) is 20.2 Å². The minimum Gasteiger partial charge on any atom is -0.449 e. The molecule has 0 aromatic heterocycles. The average Bonchev–Trinajstić information content (AvgIpc) is 2.53. The van der Waals surface area contributed by atoms with Gasteiger partial charge in [0.05, 0.1) is 10.5 Å². The van der Waals surface area contributed by atoms with E-state index in [1.54, 1.807) is 14.1 Å². The number of nitrogens with one attached hydrogen (secondary N) is 2. The molecule has 0 bridgehead atoms. The molecule has 130 valence electrons. The molecule has 0 saturated carbocycles. The Morgan fingerprint density at radius 3 is 2.42 bits per heavy atom. The van der Waals surface area contributed by atoms with Crippen LogP contribution in [0.15, 0.2) is 18.2 Å². The number of esters is 1. The first-order valence-electron chi connectivity index (χ1n) is 6.86. The zero-order valence-electron chi connectivity index (χ0n) is 13.7. The van der Waals surface area contributed by atoms with Crippen LogP contribution in [0.3, 0.4) is 0 Å².